The Hall–Kier alpha value is -2.18. The van der Waals surface area contributed by atoms with Gasteiger partial charge in [-0.05, 0) is 19.4 Å². The monoisotopic (exact) mass is 249 g/mol. The third-order valence-electron chi connectivity index (χ3n) is 2.55. The van der Waals surface area contributed by atoms with Crippen LogP contribution in [-0.4, -0.2) is 26.0 Å². The molecule has 0 saturated carbocycles. The highest BCUT2D eigenvalue weighted by molar-refractivity contribution is 5.92. The first kappa shape index (κ1) is 12.3. The first-order chi connectivity index (χ1) is 8.72. The van der Waals surface area contributed by atoms with E-state index in [0.717, 1.165) is 13.0 Å². The van der Waals surface area contributed by atoms with Crippen LogP contribution in [0.3, 0.4) is 0 Å². The minimum absolute atomic E-state index is 0.177. The number of nitrogens with zero attached hydrogens (tertiary/aromatic N) is 4. The average Bonchev–Trinajstić information content (AvgIpc) is 2.96. The second kappa shape index (κ2) is 5.44. The van der Waals surface area contributed by atoms with E-state index in [9.17, 15) is 4.79 Å². The van der Waals surface area contributed by atoms with E-state index >= 15 is 0 Å². The maximum atomic E-state index is 12.0. The van der Waals surface area contributed by atoms with Crippen molar-refractivity contribution in [3.63, 3.8) is 0 Å². The molecule has 0 aliphatic carbocycles. The number of amides is 1. The van der Waals surface area contributed by atoms with Crippen molar-refractivity contribution in [2.24, 2.45) is 0 Å². The summed E-state index contributed by atoms with van der Waals surface area (Å²) in [5.74, 6) is -0.177. The van der Waals surface area contributed by atoms with Crippen molar-refractivity contribution in [1.29, 1.82) is 0 Å². The van der Waals surface area contributed by atoms with Gasteiger partial charge < -0.3 is 5.32 Å². The van der Waals surface area contributed by atoms with Gasteiger partial charge in [0.1, 0.15) is 17.1 Å². The fraction of sp³-hybridized carbons (Fsp3) is 0.455. The Morgan fingerprint density at radius 3 is 3.00 bits per heavy atom. The van der Waals surface area contributed by atoms with Crippen LogP contribution in [-0.2, 0) is 13.1 Å². The van der Waals surface area contributed by atoms with Crippen LogP contribution in [0.1, 0.15) is 35.2 Å². The number of rotatable bonds is 5. The summed E-state index contributed by atoms with van der Waals surface area (Å²) in [6.45, 7) is 4.83. The zero-order chi connectivity index (χ0) is 13.0. The van der Waals surface area contributed by atoms with Gasteiger partial charge in [-0.3, -0.25) is 9.48 Å². The molecular formula is C11H15N5O2. The van der Waals surface area contributed by atoms with Crippen LogP contribution in [0, 0.1) is 6.92 Å². The summed E-state index contributed by atoms with van der Waals surface area (Å²) in [5.41, 5.74) is 1.85. The lowest BCUT2D eigenvalue weighted by Gasteiger charge is -2.06. The maximum absolute atomic E-state index is 12.0. The molecule has 96 valence electrons. The highest BCUT2D eigenvalue weighted by Gasteiger charge is 2.13. The quantitative estimate of drug-likeness (QED) is 0.851. The third kappa shape index (κ3) is 2.55. The summed E-state index contributed by atoms with van der Waals surface area (Å²) < 4.78 is 6.25. The van der Waals surface area contributed by atoms with Gasteiger partial charge in [0.15, 0.2) is 0 Å². The predicted octanol–water partition coefficient (Wildman–Crippen LogP) is 0.915. The minimum atomic E-state index is -0.177. The van der Waals surface area contributed by atoms with E-state index in [0.29, 0.717) is 23.6 Å². The molecule has 2 heterocycles. The Labute approximate surface area is 104 Å². The van der Waals surface area contributed by atoms with Gasteiger partial charge in [0.25, 0.3) is 5.91 Å². The molecule has 2 rings (SSSR count). The largest absolute Gasteiger partial charge is 0.345 e. The molecule has 0 saturated heterocycles. The van der Waals surface area contributed by atoms with Gasteiger partial charge in [-0.15, -0.1) is 0 Å². The highest BCUT2D eigenvalue weighted by Crippen LogP contribution is 2.03. The van der Waals surface area contributed by atoms with E-state index in [-0.39, 0.29) is 5.91 Å². The van der Waals surface area contributed by atoms with E-state index in [1.54, 1.807) is 23.9 Å². The molecule has 18 heavy (non-hydrogen) atoms. The van der Waals surface area contributed by atoms with Gasteiger partial charge in [0.05, 0.1) is 6.54 Å². The van der Waals surface area contributed by atoms with Crippen molar-refractivity contribution in [2.75, 3.05) is 0 Å². The van der Waals surface area contributed by atoms with E-state index in [1.165, 1.54) is 0 Å². The second-order valence-electron chi connectivity index (χ2n) is 3.92. The normalized spacial score (nSPS) is 10.6. The van der Waals surface area contributed by atoms with Crippen LogP contribution >= 0.6 is 0 Å². The minimum Gasteiger partial charge on any atom is -0.345 e. The molecule has 0 aromatic carbocycles. The van der Waals surface area contributed by atoms with Crippen molar-refractivity contribution in [1.82, 2.24) is 25.4 Å². The standard InChI is InChI=1S/C11H15N5O2/c1-3-6-16-10(4-5-13-16)11(17)12-7-9-8(2)14-18-15-9/h4-5H,3,6-7H2,1-2H3,(H,12,17). The van der Waals surface area contributed by atoms with Crippen LogP contribution in [0.4, 0.5) is 0 Å². The van der Waals surface area contributed by atoms with Crippen LogP contribution in [0.25, 0.3) is 0 Å². The highest BCUT2D eigenvalue weighted by atomic mass is 16.6. The molecule has 0 spiro atoms. The number of nitrogens with one attached hydrogen (secondary N) is 1. The van der Waals surface area contributed by atoms with Gasteiger partial charge in [-0.25, -0.2) is 4.63 Å². The van der Waals surface area contributed by atoms with Crippen molar-refractivity contribution in [3.05, 3.63) is 29.3 Å². The second-order valence-corrected chi connectivity index (χ2v) is 3.92. The van der Waals surface area contributed by atoms with E-state index < -0.39 is 0 Å². The molecule has 0 fully saturated rings. The molecule has 0 aliphatic heterocycles. The molecular weight excluding hydrogens is 234 g/mol. The first-order valence-electron chi connectivity index (χ1n) is 5.80. The molecule has 0 bridgehead atoms. The summed E-state index contributed by atoms with van der Waals surface area (Å²) in [7, 11) is 0. The Morgan fingerprint density at radius 1 is 1.50 bits per heavy atom. The van der Waals surface area contributed by atoms with Crippen LogP contribution < -0.4 is 5.32 Å². The Balaban J connectivity index is 1.99. The first-order valence-corrected chi connectivity index (χ1v) is 5.80. The van der Waals surface area contributed by atoms with E-state index in [2.05, 4.69) is 25.4 Å². The van der Waals surface area contributed by atoms with Crippen molar-refractivity contribution < 1.29 is 9.42 Å². The van der Waals surface area contributed by atoms with Crippen LogP contribution in [0.5, 0.6) is 0 Å². The van der Waals surface area contributed by atoms with Gasteiger partial charge in [-0.2, -0.15) is 5.10 Å². The van der Waals surface area contributed by atoms with Gasteiger partial charge in [0.2, 0.25) is 0 Å². The van der Waals surface area contributed by atoms with Crippen LogP contribution in [0.15, 0.2) is 16.9 Å². The summed E-state index contributed by atoms with van der Waals surface area (Å²) >= 11 is 0. The SMILES string of the molecule is CCCn1nccc1C(=O)NCc1nonc1C. The van der Waals surface area contributed by atoms with Crippen molar-refractivity contribution >= 4 is 5.91 Å². The number of aryl methyl sites for hydroxylation is 2. The molecule has 7 heteroatoms. The lowest BCUT2D eigenvalue weighted by atomic mass is 10.3. The Kier molecular flexibility index (Phi) is 3.71. The zero-order valence-electron chi connectivity index (χ0n) is 10.4. The van der Waals surface area contributed by atoms with Gasteiger partial charge in [-0.1, -0.05) is 17.2 Å². The van der Waals surface area contributed by atoms with Crippen molar-refractivity contribution in [3.8, 4) is 0 Å². The summed E-state index contributed by atoms with van der Waals surface area (Å²) in [4.78, 5) is 12.0. The lowest BCUT2D eigenvalue weighted by Crippen LogP contribution is -2.26. The van der Waals surface area contributed by atoms with Gasteiger partial charge in [0, 0.05) is 12.7 Å². The molecule has 0 unspecified atom stereocenters. The maximum Gasteiger partial charge on any atom is 0.269 e. The summed E-state index contributed by atoms with van der Waals surface area (Å²) in [5, 5.41) is 14.2. The molecule has 7 nitrogen and oxygen atoms in total. The third-order valence-corrected chi connectivity index (χ3v) is 2.55. The molecule has 0 aliphatic rings. The summed E-state index contributed by atoms with van der Waals surface area (Å²) in [6.07, 6.45) is 2.54. The Bertz CT molecular complexity index is 531. The molecule has 1 amide bonds. The van der Waals surface area contributed by atoms with Crippen molar-refractivity contribution in [2.45, 2.75) is 33.4 Å². The number of hydrogen-bond donors (Lipinski definition) is 1. The fourth-order valence-electron chi connectivity index (χ4n) is 1.58. The number of hydrogen-bond acceptors (Lipinski definition) is 5. The van der Waals surface area contributed by atoms with Crippen LogP contribution in [0.2, 0.25) is 0 Å². The predicted molar refractivity (Wildman–Crippen MR) is 62.7 cm³/mol. The molecule has 2 aromatic rings. The molecule has 0 radical (unpaired) electrons. The van der Waals surface area contributed by atoms with E-state index in [4.69, 9.17) is 0 Å². The molecule has 2 aromatic heterocycles. The number of carbonyl (C=O) groups is 1. The fourth-order valence-corrected chi connectivity index (χ4v) is 1.58. The smallest absolute Gasteiger partial charge is 0.269 e. The van der Waals surface area contributed by atoms with E-state index in [1.807, 2.05) is 6.92 Å². The lowest BCUT2D eigenvalue weighted by molar-refractivity contribution is 0.0939. The van der Waals surface area contributed by atoms with Gasteiger partial charge >= 0.3 is 0 Å². The zero-order valence-corrected chi connectivity index (χ0v) is 10.4. The number of carbonyl (C=O) groups excluding carboxylic acids is 1. The summed E-state index contributed by atoms with van der Waals surface area (Å²) in [6, 6.07) is 1.69. The topological polar surface area (TPSA) is 85.8 Å². The number of aromatic nitrogens is 4. The average molecular weight is 249 g/mol. The molecule has 1 N–H and O–H groups in total. The Morgan fingerprint density at radius 2 is 2.33 bits per heavy atom. The molecule has 0 atom stereocenters.